The van der Waals surface area contributed by atoms with Crippen molar-refractivity contribution in [3.05, 3.63) is 34.9 Å². The summed E-state index contributed by atoms with van der Waals surface area (Å²) in [5.41, 5.74) is 0.283. The number of hydrogen-bond donors (Lipinski definition) is 0. The van der Waals surface area contributed by atoms with Crippen LogP contribution in [0, 0.1) is 0 Å². The molecule has 1 unspecified atom stereocenters. The Balaban J connectivity index is 2.74. The van der Waals surface area contributed by atoms with Crippen LogP contribution in [-0.4, -0.2) is 18.5 Å². The first-order valence-electron chi connectivity index (χ1n) is 5.34. The van der Waals surface area contributed by atoms with Crippen LogP contribution < -0.4 is 0 Å². The smallest absolute Gasteiger partial charge is 0.168 e. The van der Waals surface area contributed by atoms with Crippen molar-refractivity contribution in [2.24, 2.45) is 0 Å². The maximum absolute atomic E-state index is 12.0. The van der Waals surface area contributed by atoms with Gasteiger partial charge in [0.15, 0.2) is 5.78 Å². The zero-order chi connectivity index (χ0) is 12.2. The van der Waals surface area contributed by atoms with Crippen molar-refractivity contribution in [1.82, 2.24) is 0 Å². The third kappa shape index (κ3) is 3.06. The number of carbonyl (C=O) groups excluding carboxylic acids is 1. The van der Waals surface area contributed by atoms with Crippen molar-refractivity contribution in [2.75, 3.05) is 7.11 Å². The van der Waals surface area contributed by atoms with Gasteiger partial charge < -0.3 is 4.74 Å². The van der Waals surface area contributed by atoms with Crippen LogP contribution in [0.5, 0.6) is 0 Å². The predicted octanol–water partition coefficient (Wildman–Crippen LogP) is 3.27. The summed E-state index contributed by atoms with van der Waals surface area (Å²) in [7, 11) is 1.57. The number of halogens is 1. The lowest BCUT2D eigenvalue weighted by molar-refractivity contribution is -0.138. The second-order valence-corrected chi connectivity index (χ2v) is 4.45. The number of carbonyl (C=O) groups is 1. The van der Waals surface area contributed by atoms with Gasteiger partial charge in [-0.15, -0.1) is 0 Å². The Labute approximate surface area is 102 Å². The molecule has 2 nitrogen and oxygen atoms in total. The first kappa shape index (κ1) is 13.2. The molecule has 0 N–H and O–H groups in total. The highest BCUT2D eigenvalue weighted by Gasteiger charge is 2.30. The summed E-state index contributed by atoms with van der Waals surface area (Å²) in [5.74, 6) is 0.0971. The van der Waals surface area contributed by atoms with Gasteiger partial charge in [-0.1, -0.05) is 30.7 Å². The molecule has 0 aliphatic heterocycles. The van der Waals surface area contributed by atoms with Crippen LogP contribution in [0.4, 0.5) is 0 Å². The molecule has 16 heavy (non-hydrogen) atoms. The van der Waals surface area contributed by atoms with E-state index < -0.39 is 5.60 Å². The summed E-state index contributed by atoms with van der Waals surface area (Å²) in [4.78, 5) is 12.0. The molecule has 1 aromatic carbocycles. The van der Waals surface area contributed by atoms with Gasteiger partial charge >= 0.3 is 0 Å². The summed E-state index contributed by atoms with van der Waals surface area (Å²) in [6.07, 6.45) is 1.06. The van der Waals surface area contributed by atoms with Crippen LogP contribution in [0.1, 0.15) is 25.8 Å². The molecule has 0 aromatic heterocycles. The minimum atomic E-state index is -0.681. The second kappa shape index (κ2) is 5.46. The summed E-state index contributed by atoms with van der Waals surface area (Å²) in [6, 6.07) is 7.32. The minimum absolute atomic E-state index is 0.0971. The van der Waals surface area contributed by atoms with Crippen molar-refractivity contribution in [3.63, 3.8) is 0 Å². The largest absolute Gasteiger partial charge is 0.371 e. The van der Waals surface area contributed by atoms with Crippen LogP contribution in [0.25, 0.3) is 0 Å². The van der Waals surface area contributed by atoms with Crippen molar-refractivity contribution >= 4 is 17.4 Å². The van der Waals surface area contributed by atoms with Crippen molar-refractivity contribution in [3.8, 4) is 0 Å². The molecule has 0 bridgehead atoms. The first-order chi connectivity index (χ1) is 7.51. The Morgan fingerprint density at radius 2 is 1.94 bits per heavy atom. The number of Topliss-reactive ketones (excluding diaryl/α,β-unsaturated/α-hetero) is 1. The van der Waals surface area contributed by atoms with Gasteiger partial charge in [-0.25, -0.2) is 0 Å². The maximum Gasteiger partial charge on any atom is 0.168 e. The highest BCUT2D eigenvalue weighted by atomic mass is 35.5. The lowest BCUT2D eigenvalue weighted by Crippen LogP contribution is -2.37. The molecule has 3 heteroatoms. The summed E-state index contributed by atoms with van der Waals surface area (Å²) < 4.78 is 5.27. The van der Waals surface area contributed by atoms with Gasteiger partial charge in [0.2, 0.25) is 0 Å². The van der Waals surface area contributed by atoms with Gasteiger partial charge in [0.25, 0.3) is 0 Å². The molecule has 0 aliphatic rings. The zero-order valence-corrected chi connectivity index (χ0v) is 10.7. The molecule has 0 fully saturated rings. The molecule has 1 rings (SSSR count). The third-order valence-electron chi connectivity index (χ3n) is 2.99. The van der Waals surface area contributed by atoms with Crippen LogP contribution in [0.15, 0.2) is 24.3 Å². The molecule has 1 aromatic rings. The van der Waals surface area contributed by atoms with Crippen molar-refractivity contribution in [2.45, 2.75) is 32.3 Å². The first-order valence-corrected chi connectivity index (χ1v) is 5.72. The molecule has 88 valence electrons. The Morgan fingerprint density at radius 1 is 1.38 bits per heavy atom. The van der Waals surface area contributed by atoms with E-state index in [0.29, 0.717) is 17.9 Å². The fourth-order valence-electron chi connectivity index (χ4n) is 1.43. The Bertz CT molecular complexity index is 353. The number of benzene rings is 1. The maximum atomic E-state index is 12.0. The summed E-state index contributed by atoms with van der Waals surface area (Å²) in [6.45, 7) is 3.77. The van der Waals surface area contributed by atoms with E-state index in [4.69, 9.17) is 16.3 Å². The molecule has 0 heterocycles. The SMILES string of the molecule is CCC(C)(OC)C(=O)Cc1ccc(Cl)cc1. The average molecular weight is 241 g/mol. The Kier molecular flexibility index (Phi) is 4.51. The topological polar surface area (TPSA) is 26.3 Å². The van der Waals surface area contributed by atoms with Gasteiger partial charge in [0.05, 0.1) is 0 Å². The van der Waals surface area contributed by atoms with E-state index in [1.807, 2.05) is 26.0 Å². The Morgan fingerprint density at radius 3 is 2.38 bits per heavy atom. The normalized spacial score (nSPS) is 14.5. The number of rotatable bonds is 5. The summed E-state index contributed by atoms with van der Waals surface area (Å²) >= 11 is 5.78. The van der Waals surface area contributed by atoms with Crippen LogP contribution >= 0.6 is 11.6 Å². The third-order valence-corrected chi connectivity index (χ3v) is 3.24. The standard InChI is InChI=1S/C13H17ClO2/c1-4-13(2,16-3)12(15)9-10-5-7-11(14)8-6-10/h5-8H,4,9H2,1-3H3. The van der Waals surface area contributed by atoms with E-state index in [9.17, 15) is 4.79 Å². The molecule has 0 saturated carbocycles. The molecule has 0 saturated heterocycles. The molecule has 0 spiro atoms. The highest BCUT2D eigenvalue weighted by Crippen LogP contribution is 2.19. The van der Waals surface area contributed by atoms with Crippen molar-refractivity contribution in [1.29, 1.82) is 0 Å². The second-order valence-electron chi connectivity index (χ2n) is 4.01. The Hall–Kier alpha value is -0.860. The summed E-state index contributed by atoms with van der Waals surface area (Å²) in [5, 5.41) is 0.682. The van der Waals surface area contributed by atoms with Gasteiger partial charge in [0.1, 0.15) is 5.60 Å². The van der Waals surface area contributed by atoms with Crippen LogP contribution in [0.2, 0.25) is 5.02 Å². The predicted molar refractivity (Wildman–Crippen MR) is 65.9 cm³/mol. The lowest BCUT2D eigenvalue weighted by Gasteiger charge is -2.24. The number of methoxy groups -OCH3 is 1. The quantitative estimate of drug-likeness (QED) is 0.790. The average Bonchev–Trinajstić information content (AvgIpc) is 2.31. The molecule has 0 radical (unpaired) electrons. The van der Waals surface area contributed by atoms with Gasteiger partial charge in [0, 0.05) is 18.6 Å². The van der Waals surface area contributed by atoms with Crippen LogP contribution in [-0.2, 0) is 16.0 Å². The van der Waals surface area contributed by atoms with E-state index >= 15 is 0 Å². The van der Waals surface area contributed by atoms with Gasteiger partial charge in [-0.05, 0) is 31.0 Å². The molecular weight excluding hydrogens is 224 g/mol. The van der Waals surface area contributed by atoms with E-state index in [-0.39, 0.29) is 5.78 Å². The van der Waals surface area contributed by atoms with E-state index in [0.717, 1.165) is 5.56 Å². The number of ether oxygens (including phenoxy) is 1. The van der Waals surface area contributed by atoms with E-state index in [2.05, 4.69) is 0 Å². The fraction of sp³-hybridized carbons (Fsp3) is 0.462. The fourth-order valence-corrected chi connectivity index (χ4v) is 1.56. The monoisotopic (exact) mass is 240 g/mol. The number of ketones is 1. The van der Waals surface area contributed by atoms with Crippen molar-refractivity contribution < 1.29 is 9.53 Å². The van der Waals surface area contributed by atoms with Gasteiger partial charge in [-0.3, -0.25) is 4.79 Å². The highest BCUT2D eigenvalue weighted by molar-refractivity contribution is 6.30. The molecule has 0 aliphatic carbocycles. The van der Waals surface area contributed by atoms with E-state index in [1.165, 1.54) is 0 Å². The molecule has 1 atom stereocenters. The van der Waals surface area contributed by atoms with Gasteiger partial charge in [-0.2, -0.15) is 0 Å². The lowest BCUT2D eigenvalue weighted by atomic mass is 9.92. The minimum Gasteiger partial charge on any atom is -0.371 e. The van der Waals surface area contributed by atoms with E-state index in [1.54, 1.807) is 19.2 Å². The molecular formula is C13H17ClO2. The van der Waals surface area contributed by atoms with Crippen LogP contribution in [0.3, 0.4) is 0 Å². The number of hydrogen-bond acceptors (Lipinski definition) is 2. The molecule has 0 amide bonds. The zero-order valence-electron chi connectivity index (χ0n) is 9.92.